The summed E-state index contributed by atoms with van der Waals surface area (Å²) in [6.07, 6.45) is 4.87. The number of fused-ring (bicyclic) bond motifs is 2. The second-order valence-corrected chi connectivity index (χ2v) is 10.00. The molecule has 0 bridgehead atoms. The number of hydrogen-bond donors (Lipinski definition) is 1. The lowest BCUT2D eigenvalue weighted by Crippen LogP contribution is -2.46. The summed E-state index contributed by atoms with van der Waals surface area (Å²) in [6, 6.07) is 21.9. The molecule has 3 aromatic carbocycles. The standard InChI is InChI=1S/C31H33FN2O3/c32-26-13-7-12-25(21-26)31(16-5-6-17-31)30(36)34-19-20-37-28-15-4-3-14-27(28)29(35)33-18-8-11-23-9-1-2-10-24(23)22-34/h1-4,7,9-10,12-15,21H,5-6,8,11,16-20,22H2,(H,33,35). The highest BCUT2D eigenvalue weighted by Gasteiger charge is 2.45. The van der Waals surface area contributed by atoms with Gasteiger partial charge in [0.25, 0.3) is 5.91 Å². The molecule has 6 heteroatoms. The Morgan fingerprint density at radius 3 is 2.49 bits per heavy atom. The number of ether oxygens (including phenoxy) is 1. The van der Waals surface area contributed by atoms with Crippen LogP contribution in [0.2, 0.25) is 0 Å². The molecule has 5 nitrogen and oxygen atoms in total. The quantitative estimate of drug-likeness (QED) is 0.511. The van der Waals surface area contributed by atoms with Crippen molar-refractivity contribution in [2.45, 2.75) is 50.5 Å². The van der Waals surface area contributed by atoms with E-state index in [2.05, 4.69) is 17.4 Å². The van der Waals surface area contributed by atoms with Gasteiger partial charge in [-0.1, -0.05) is 61.4 Å². The summed E-state index contributed by atoms with van der Waals surface area (Å²) < 4.78 is 20.3. The molecule has 1 N–H and O–H groups in total. The SMILES string of the molecule is O=C1NCCCc2ccccc2CN(C(=O)C2(c3cccc(F)c3)CCCC2)CCOc2ccccc21. The van der Waals surface area contributed by atoms with E-state index in [1.165, 1.54) is 17.7 Å². The van der Waals surface area contributed by atoms with Crippen molar-refractivity contribution in [1.29, 1.82) is 0 Å². The van der Waals surface area contributed by atoms with Crippen LogP contribution in [0.3, 0.4) is 0 Å². The Balaban J connectivity index is 1.49. The molecule has 1 heterocycles. The van der Waals surface area contributed by atoms with Crippen LogP contribution in [0.5, 0.6) is 5.75 Å². The van der Waals surface area contributed by atoms with Crippen molar-refractivity contribution in [2.24, 2.45) is 0 Å². The number of nitrogens with zero attached hydrogens (tertiary/aromatic N) is 1. The van der Waals surface area contributed by atoms with Crippen LogP contribution in [-0.4, -0.2) is 36.4 Å². The molecule has 2 aliphatic rings. The van der Waals surface area contributed by atoms with Gasteiger partial charge in [-0.25, -0.2) is 4.39 Å². The van der Waals surface area contributed by atoms with Gasteiger partial charge in [0, 0.05) is 13.1 Å². The molecule has 2 amide bonds. The van der Waals surface area contributed by atoms with Crippen LogP contribution in [0, 0.1) is 5.82 Å². The van der Waals surface area contributed by atoms with Crippen molar-refractivity contribution in [1.82, 2.24) is 10.2 Å². The second-order valence-electron chi connectivity index (χ2n) is 10.00. The minimum absolute atomic E-state index is 0.0205. The number of carbonyl (C=O) groups is 2. The third-order valence-electron chi connectivity index (χ3n) is 7.67. The number of hydrogen-bond acceptors (Lipinski definition) is 3. The summed E-state index contributed by atoms with van der Waals surface area (Å²) in [5.74, 6) is 0.0451. The number of halogens is 1. The first-order valence-electron chi connectivity index (χ1n) is 13.2. The van der Waals surface area contributed by atoms with E-state index >= 15 is 0 Å². The van der Waals surface area contributed by atoms with Gasteiger partial charge in [-0.05, 0) is 66.6 Å². The average Bonchev–Trinajstić information content (AvgIpc) is 3.42. The number of amides is 2. The van der Waals surface area contributed by atoms with E-state index in [1.54, 1.807) is 18.2 Å². The Morgan fingerprint density at radius 1 is 0.919 bits per heavy atom. The maximum absolute atomic E-state index is 14.4. The first kappa shape index (κ1) is 25.0. The number of para-hydroxylation sites is 1. The highest BCUT2D eigenvalue weighted by molar-refractivity contribution is 5.96. The smallest absolute Gasteiger partial charge is 0.255 e. The largest absolute Gasteiger partial charge is 0.491 e. The lowest BCUT2D eigenvalue weighted by molar-refractivity contribution is -0.138. The van der Waals surface area contributed by atoms with Crippen LogP contribution in [0.25, 0.3) is 0 Å². The third kappa shape index (κ3) is 5.38. The van der Waals surface area contributed by atoms with Crippen LogP contribution in [0.15, 0.2) is 72.8 Å². The fourth-order valence-corrected chi connectivity index (χ4v) is 5.73. The van der Waals surface area contributed by atoms with E-state index in [0.29, 0.717) is 43.8 Å². The molecule has 5 rings (SSSR count). The molecule has 3 aromatic rings. The third-order valence-corrected chi connectivity index (χ3v) is 7.67. The topological polar surface area (TPSA) is 58.6 Å². The van der Waals surface area contributed by atoms with Gasteiger partial charge in [0.05, 0.1) is 17.5 Å². The van der Waals surface area contributed by atoms with Crippen LogP contribution >= 0.6 is 0 Å². The number of rotatable bonds is 2. The molecule has 192 valence electrons. The molecular weight excluding hydrogens is 467 g/mol. The Hall–Kier alpha value is -3.67. The van der Waals surface area contributed by atoms with Gasteiger partial charge in [0.2, 0.25) is 5.91 Å². The molecule has 37 heavy (non-hydrogen) atoms. The predicted octanol–water partition coefficient (Wildman–Crippen LogP) is 5.42. The maximum atomic E-state index is 14.4. The first-order valence-corrected chi connectivity index (χ1v) is 13.2. The fraction of sp³-hybridized carbons (Fsp3) is 0.355. The normalized spacial score (nSPS) is 18.1. The van der Waals surface area contributed by atoms with Crippen LogP contribution in [-0.2, 0) is 23.2 Å². The molecular formula is C31H33FN2O3. The summed E-state index contributed by atoms with van der Waals surface area (Å²) >= 11 is 0. The first-order chi connectivity index (χ1) is 18.1. The Morgan fingerprint density at radius 2 is 1.68 bits per heavy atom. The molecule has 1 fully saturated rings. The van der Waals surface area contributed by atoms with E-state index in [1.807, 2.05) is 35.2 Å². The lowest BCUT2D eigenvalue weighted by Gasteiger charge is -2.35. The average molecular weight is 501 g/mol. The molecule has 0 saturated heterocycles. The van der Waals surface area contributed by atoms with Crippen LogP contribution < -0.4 is 10.1 Å². The second kappa shape index (κ2) is 11.2. The molecule has 0 aromatic heterocycles. The van der Waals surface area contributed by atoms with Crippen molar-refractivity contribution >= 4 is 11.8 Å². The summed E-state index contributed by atoms with van der Waals surface area (Å²) in [7, 11) is 0. The monoisotopic (exact) mass is 500 g/mol. The van der Waals surface area contributed by atoms with E-state index in [0.717, 1.165) is 36.8 Å². The van der Waals surface area contributed by atoms with Crippen molar-refractivity contribution in [3.63, 3.8) is 0 Å². The van der Waals surface area contributed by atoms with Gasteiger partial charge in [0.1, 0.15) is 18.2 Å². The van der Waals surface area contributed by atoms with Gasteiger partial charge in [-0.2, -0.15) is 0 Å². The zero-order valence-electron chi connectivity index (χ0n) is 21.0. The van der Waals surface area contributed by atoms with Crippen LogP contribution in [0.4, 0.5) is 4.39 Å². The van der Waals surface area contributed by atoms with E-state index in [9.17, 15) is 14.0 Å². The molecule has 0 atom stereocenters. The van der Waals surface area contributed by atoms with Gasteiger partial charge < -0.3 is 15.0 Å². The minimum atomic E-state index is -0.736. The van der Waals surface area contributed by atoms with E-state index in [4.69, 9.17) is 4.74 Å². The Kier molecular flexibility index (Phi) is 7.54. The van der Waals surface area contributed by atoms with Gasteiger partial charge in [-0.15, -0.1) is 0 Å². The predicted molar refractivity (Wildman–Crippen MR) is 141 cm³/mol. The van der Waals surface area contributed by atoms with Gasteiger partial charge >= 0.3 is 0 Å². The number of carbonyl (C=O) groups excluding carboxylic acids is 2. The van der Waals surface area contributed by atoms with E-state index in [-0.39, 0.29) is 24.2 Å². The van der Waals surface area contributed by atoms with Gasteiger partial charge in [0.15, 0.2) is 0 Å². The van der Waals surface area contributed by atoms with Gasteiger partial charge in [-0.3, -0.25) is 9.59 Å². The van der Waals surface area contributed by atoms with Crippen molar-refractivity contribution in [3.05, 3.63) is 101 Å². The summed E-state index contributed by atoms with van der Waals surface area (Å²) in [4.78, 5) is 29.1. The highest BCUT2D eigenvalue weighted by atomic mass is 19.1. The molecule has 0 spiro atoms. The molecule has 0 unspecified atom stereocenters. The Bertz CT molecular complexity index is 1270. The minimum Gasteiger partial charge on any atom is -0.491 e. The highest BCUT2D eigenvalue weighted by Crippen LogP contribution is 2.43. The van der Waals surface area contributed by atoms with Crippen LogP contribution in [0.1, 0.15) is 59.2 Å². The summed E-state index contributed by atoms with van der Waals surface area (Å²) in [5, 5.41) is 3.00. The summed E-state index contributed by atoms with van der Waals surface area (Å²) in [5.41, 5.74) is 2.77. The number of aryl methyl sites for hydroxylation is 1. The zero-order chi connectivity index (χ0) is 25.7. The lowest BCUT2D eigenvalue weighted by atomic mass is 9.77. The zero-order valence-corrected chi connectivity index (χ0v) is 21.0. The fourth-order valence-electron chi connectivity index (χ4n) is 5.73. The van der Waals surface area contributed by atoms with Crippen molar-refractivity contribution < 1.29 is 18.7 Å². The van der Waals surface area contributed by atoms with Crippen molar-refractivity contribution in [2.75, 3.05) is 19.7 Å². The molecule has 1 aliphatic carbocycles. The summed E-state index contributed by atoms with van der Waals surface area (Å²) in [6.45, 7) is 1.62. The Labute approximate surface area is 217 Å². The molecule has 0 radical (unpaired) electrons. The van der Waals surface area contributed by atoms with E-state index < -0.39 is 5.41 Å². The maximum Gasteiger partial charge on any atom is 0.255 e. The number of benzene rings is 3. The number of nitrogens with one attached hydrogen (secondary N) is 1. The molecule has 1 saturated carbocycles. The molecule has 1 aliphatic heterocycles. The van der Waals surface area contributed by atoms with Crippen molar-refractivity contribution in [3.8, 4) is 5.75 Å².